The van der Waals surface area contributed by atoms with E-state index in [1.807, 2.05) is 0 Å². The van der Waals surface area contributed by atoms with Crippen LogP contribution in [0.4, 0.5) is 10.1 Å². The number of benzene rings is 2. The molecule has 0 saturated heterocycles. The highest BCUT2D eigenvalue weighted by Crippen LogP contribution is 2.23. The molecule has 1 heterocycles. The molecular formula is C16H13FN4O2S. The SMILES string of the molecule is NS(=O)(=O)Nc1ccc(-c2cnc(-c3ccccc3F)cn2)cc1. The summed E-state index contributed by atoms with van der Waals surface area (Å²) in [5, 5.41) is 4.91. The van der Waals surface area contributed by atoms with Crippen molar-refractivity contribution in [3.8, 4) is 22.5 Å². The lowest BCUT2D eigenvalue weighted by molar-refractivity contribution is 0.603. The van der Waals surface area contributed by atoms with E-state index in [-0.39, 0.29) is 5.82 Å². The molecule has 0 saturated carbocycles. The summed E-state index contributed by atoms with van der Waals surface area (Å²) in [5.74, 6) is -0.363. The summed E-state index contributed by atoms with van der Waals surface area (Å²) in [5.41, 5.74) is 2.48. The normalized spacial score (nSPS) is 11.2. The summed E-state index contributed by atoms with van der Waals surface area (Å²) in [4.78, 5) is 8.51. The van der Waals surface area contributed by atoms with E-state index in [4.69, 9.17) is 5.14 Å². The summed E-state index contributed by atoms with van der Waals surface area (Å²) in [7, 11) is -3.81. The van der Waals surface area contributed by atoms with Gasteiger partial charge in [0.1, 0.15) is 5.82 Å². The molecule has 0 unspecified atom stereocenters. The summed E-state index contributed by atoms with van der Waals surface area (Å²) >= 11 is 0. The Morgan fingerprint density at radius 2 is 1.54 bits per heavy atom. The lowest BCUT2D eigenvalue weighted by Crippen LogP contribution is -2.21. The van der Waals surface area contributed by atoms with Gasteiger partial charge in [0, 0.05) is 16.8 Å². The minimum Gasteiger partial charge on any atom is -0.271 e. The first kappa shape index (κ1) is 16.0. The van der Waals surface area contributed by atoms with Gasteiger partial charge in [0.2, 0.25) is 0 Å². The Balaban J connectivity index is 1.85. The second-order valence-electron chi connectivity index (χ2n) is 4.99. The minimum absolute atomic E-state index is 0.345. The van der Waals surface area contributed by atoms with Gasteiger partial charge in [-0.15, -0.1) is 0 Å². The predicted octanol–water partition coefficient (Wildman–Crippen LogP) is 2.57. The van der Waals surface area contributed by atoms with Crippen molar-refractivity contribution < 1.29 is 12.8 Å². The number of hydrogen-bond acceptors (Lipinski definition) is 4. The van der Waals surface area contributed by atoms with Gasteiger partial charge in [0.15, 0.2) is 0 Å². The molecule has 0 atom stereocenters. The molecule has 122 valence electrons. The Morgan fingerprint density at radius 1 is 0.917 bits per heavy atom. The van der Waals surface area contributed by atoms with Crippen molar-refractivity contribution in [1.82, 2.24) is 9.97 Å². The fourth-order valence-corrected chi connectivity index (χ4v) is 2.62. The molecule has 3 aromatic rings. The van der Waals surface area contributed by atoms with E-state index >= 15 is 0 Å². The van der Waals surface area contributed by atoms with Gasteiger partial charge in [-0.1, -0.05) is 24.3 Å². The summed E-state index contributed by atoms with van der Waals surface area (Å²) < 4.78 is 37.9. The molecule has 3 rings (SSSR count). The summed E-state index contributed by atoms with van der Waals surface area (Å²) in [6, 6.07) is 12.8. The van der Waals surface area contributed by atoms with Crippen LogP contribution < -0.4 is 9.86 Å². The maximum Gasteiger partial charge on any atom is 0.296 e. The Hall–Kier alpha value is -2.84. The average Bonchev–Trinajstić information content (AvgIpc) is 2.55. The van der Waals surface area contributed by atoms with Crippen molar-refractivity contribution in [2.24, 2.45) is 5.14 Å². The molecule has 0 spiro atoms. The molecule has 0 radical (unpaired) electrons. The van der Waals surface area contributed by atoms with E-state index < -0.39 is 10.2 Å². The fraction of sp³-hybridized carbons (Fsp3) is 0. The van der Waals surface area contributed by atoms with E-state index in [1.165, 1.54) is 18.5 Å². The van der Waals surface area contributed by atoms with Crippen LogP contribution in [0.1, 0.15) is 0 Å². The maximum atomic E-state index is 13.7. The van der Waals surface area contributed by atoms with Crippen LogP contribution in [0.5, 0.6) is 0 Å². The monoisotopic (exact) mass is 344 g/mol. The first-order chi connectivity index (χ1) is 11.4. The van der Waals surface area contributed by atoms with Crippen LogP contribution in [-0.2, 0) is 10.2 Å². The van der Waals surface area contributed by atoms with Gasteiger partial charge in [-0.2, -0.15) is 8.42 Å². The van der Waals surface area contributed by atoms with Crippen LogP contribution in [-0.4, -0.2) is 18.4 Å². The van der Waals surface area contributed by atoms with Crippen molar-refractivity contribution in [1.29, 1.82) is 0 Å². The number of anilines is 1. The van der Waals surface area contributed by atoms with Crippen LogP contribution in [0.25, 0.3) is 22.5 Å². The Labute approximate surface area is 138 Å². The number of nitrogens with two attached hydrogens (primary N) is 1. The molecule has 0 fully saturated rings. The van der Waals surface area contributed by atoms with Crippen molar-refractivity contribution in [2.75, 3.05) is 4.72 Å². The molecule has 3 N–H and O–H groups in total. The van der Waals surface area contributed by atoms with Gasteiger partial charge in [-0.05, 0) is 24.3 Å². The summed E-state index contributed by atoms with van der Waals surface area (Å²) in [6.45, 7) is 0. The zero-order valence-corrected chi connectivity index (χ0v) is 13.2. The Kier molecular flexibility index (Phi) is 4.24. The molecule has 8 heteroatoms. The standard InChI is InChI=1S/C16H13FN4O2S/c17-14-4-2-1-3-13(14)16-10-19-15(9-20-16)11-5-7-12(8-6-11)21-24(18,22)23/h1-10,21H,(H2,18,22,23). The highest BCUT2D eigenvalue weighted by Gasteiger charge is 2.08. The highest BCUT2D eigenvalue weighted by molar-refractivity contribution is 7.90. The minimum atomic E-state index is -3.81. The zero-order valence-electron chi connectivity index (χ0n) is 12.3. The highest BCUT2D eigenvalue weighted by atomic mass is 32.2. The Bertz CT molecular complexity index is 958. The van der Waals surface area contributed by atoms with Gasteiger partial charge >= 0.3 is 0 Å². The zero-order chi connectivity index (χ0) is 17.2. The molecule has 0 aliphatic heterocycles. The molecule has 1 aromatic heterocycles. The van der Waals surface area contributed by atoms with E-state index in [0.717, 1.165) is 5.56 Å². The molecule has 24 heavy (non-hydrogen) atoms. The van der Waals surface area contributed by atoms with E-state index in [2.05, 4.69) is 14.7 Å². The molecule has 0 aliphatic rings. The number of halogens is 1. The van der Waals surface area contributed by atoms with Gasteiger partial charge in [0.25, 0.3) is 10.2 Å². The third kappa shape index (κ3) is 3.73. The first-order valence-electron chi connectivity index (χ1n) is 6.90. The third-order valence-electron chi connectivity index (χ3n) is 3.24. The van der Waals surface area contributed by atoms with E-state index in [0.29, 0.717) is 22.6 Å². The second kappa shape index (κ2) is 6.34. The largest absolute Gasteiger partial charge is 0.296 e. The topological polar surface area (TPSA) is 98.0 Å². The van der Waals surface area contributed by atoms with Gasteiger partial charge in [0.05, 0.1) is 23.8 Å². The van der Waals surface area contributed by atoms with E-state index in [1.54, 1.807) is 42.5 Å². The molecule has 0 bridgehead atoms. The fourth-order valence-electron chi connectivity index (χ4n) is 2.16. The molecule has 0 aliphatic carbocycles. The number of rotatable bonds is 4. The van der Waals surface area contributed by atoms with Crippen LogP contribution in [0, 0.1) is 5.82 Å². The predicted molar refractivity (Wildman–Crippen MR) is 89.6 cm³/mol. The molecule has 2 aromatic carbocycles. The smallest absolute Gasteiger partial charge is 0.271 e. The van der Waals surface area contributed by atoms with Gasteiger partial charge in [-0.3, -0.25) is 14.7 Å². The quantitative estimate of drug-likeness (QED) is 0.760. The van der Waals surface area contributed by atoms with Crippen molar-refractivity contribution >= 4 is 15.9 Å². The first-order valence-corrected chi connectivity index (χ1v) is 8.45. The molecule has 6 nitrogen and oxygen atoms in total. The van der Waals surface area contributed by atoms with Crippen LogP contribution >= 0.6 is 0 Å². The second-order valence-corrected chi connectivity index (χ2v) is 6.29. The number of nitrogens with one attached hydrogen (secondary N) is 1. The molecular weight excluding hydrogens is 331 g/mol. The lowest BCUT2D eigenvalue weighted by Gasteiger charge is -2.06. The lowest BCUT2D eigenvalue weighted by atomic mass is 10.1. The Morgan fingerprint density at radius 3 is 2.12 bits per heavy atom. The van der Waals surface area contributed by atoms with Crippen LogP contribution in [0.3, 0.4) is 0 Å². The number of aromatic nitrogens is 2. The summed E-state index contributed by atoms with van der Waals surface area (Å²) in [6.07, 6.45) is 3.02. The van der Waals surface area contributed by atoms with Crippen molar-refractivity contribution in [3.63, 3.8) is 0 Å². The number of nitrogens with zero attached hydrogens (tertiary/aromatic N) is 2. The van der Waals surface area contributed by atoms with Crippen molar-refractivity contribution in [2.45, 2.75) is 0 Å². The van der Waals surface area contributed by atoms with Crippen LogP contribution in [0.2, 0.25) is 0 Å². The van der Waals surface area contributed by atoms with Crippen LogP contribution in [0.15, 0.2) is 60.9 Å². The van der Waals surface area contributed by atoms with Gasteiger partial charge in [-0.25, -0.2) is 9.53 Å². The maximum absolute atomic E-state index is 13.7. The van der Waals surface area contributed by atoms with Gasteiger partial charge < -0.3 is 0 Å². The molecule has 0 amide bonds. The van der Waals surface area contributed by atoms with Crippen molar-refractivity contribution in [3.05, 3.63) is 66.7 Å². The number of hydrogen-bond donors (Lipinski definition) is 2. The average molecular weight is 344 g/mol. The third-order valence-corrected chi connectivity index (χ3v) is 3.76. The van der Waals surface area contributed by atoms with E-state index in [9.17, 15) is 12.8 Å².